The normalized spacial score (nSPS) is 10.2. The minimum Gasteiger partial charge on any atom is -0.506 e. The van der Waals surface area contributed by atoms with Crippen molar-refractivity contribution < 1.29 is 5.11 Å². The second-order valence-corrected chi connectivity index (χ2v) is 4.17. The zero-order chi connectivity index (χ0) is 9.42. The van der Waals surface area contributed by atoms with Gasteiger partial charge in [0.2, 0.25) is 0 Å². The third kappa shape index (κ3) is 1.37. The monoisotopic (exact) mass is 207 g/mol. The number of aromatic hydroxyl groups is 1. The van der Waals surface area contributed by atoms with Crippen LogP contribution in [-0.4, -0.2) is 5.11 Å². The van der Waals surface area contributed by atoms with Gasteiger partial charge in [-0.2, -0.15) is 5.26 Å². The molecule has 1 aromatic carbocycles. The van der Waals surface area contributed by atoms with Crippen LogP contribution in [0.15, 0.2) is 23.1 Å². The Morgan fingerprint density at radius 2 is 2.15 bits per heavy atom. The lowest BCUT2D eigenvalue weighted by Gasteiger charge is -1.95. The fourth-order valence-electron chi connectivity index (χ4n) is 1.17. The van der Waals surface area contributed by atoms with Crippen LogP contribution >= 0.6 is 24.0 Å². The molecule has 0 unspecified atom stereocenters. The second-order valence-electron chi connectivity index (χ2n) is 2.61. The molecule has 0 aliphatic heterocycles. The first-order valence-electron chi connectivity index (χ1n) is 3.56. The third-order valence-corrected chi connectivity index (χ3v) is 3.03. The molecule has 0 atom stereocenters. The minimum absolute atomic E-state index is 0.189. The molecule has 0 saturated heterocycles. The molecule has 0 aliphatic carbocycles. The van der Waals surface area contributed by atoms with Crippen LogP contribution < -0.4 is 0 Å². The highest BCUT2D eigenvalue weighted by Gasteiger charge is 2.06. The van der Waals surface area contributed by atoms with Crippen molar-refractivity contribution >= 4 is 34.1 Å². The molecule has 2 rings (SSSR count). The van der Waals surface area contributed by atoms with Gasteiger partial charge in [-0.15, -0.1) is 24.0 Å². The average Bonchev–Trinajstić information content (AvgIpc) is 2.47. The molecule has 1 aromatic heterocycles. The van der Waals surface area contributed by atoms with Gasteiger partial charge in [-0.3, -0.25) is 0 Å². The van der Waals surface area contributed by atoms with Gasteiger partial charge < -0.3 is 5.11 Å². The Kier molecular flexibility index (Phi) is 1.91. The van der Waals surface area contributed by atoms with E-state index in [2.05, 4.69) is 12.6 Å². The van der Waals surface area contributed by atoms with Crippen LogP contribution in [-0.2, 0) is 0 Å². The summed E-state index contributed by atoms with van der Waals surface area (Å²) in [6, 6.07) is 7.20. The number of hydrogen-bond acceptors (Lipinski definition) is 4. The van der Waals surface area contributed by atoms with Gasteiger partial charge in [-0.1, -0.05) is 0 Å². The number of rotatable bonds is 0. The fourth-order valence-corrected chi connectivity index (χ4v) is 2.29. The molecule has 64 valence electrons. The summed E-state index contributed by atoms with van der Waals surface area (Å²) in [5.74, 6) is 0.189. The van der Waals surface area contributed by atoms with E-state index in [1.807, 2.05) is 12.1 Å². The van der Waals surface area contributed by atoms with E-state index >= 15 is 0 Å². The Hall–Kier alpha value is -1.18. The quantitative estimate of drug-likeness (QED) is 0.652. The maximum absolute atomic E-state index is 9.51. The minimum atomic E-state index is 0.189. The fraction of sp³-hybridized carbons (Fsp3) is 0. The summed E-state index contributed by atoms with van der Waals surface area (Å²) in [6.07, 6.45) is 0. The molecule has 2 nitrogen and oxygen atoms in total. The maximum Gasteiger partial charge on any atom is 0.134 e. The van der Waals surface area contributed by atoms with Crippen molar-refractivity contribution in [2.75, 3.05) is 0 Å². The zero-order valence-electron chi connectivity index (χ0n) is 6.48. The Morgan fingerprint density at radius 3 is 2.85 bits per heavy atom. The van der Waals surface area contributed by atoms with E-state index < -0.39 is 0 Å². The summed E-state index contributed by atoms with van der Waals surface area (Å²) in [5, 5.41) is 19.0. The summed E-state index contributed by atoms with van der Waals surface area (Å²) >= 11 is 5.42. The first-order chi connectivity index (χ1) is 6.20. The summed E-state index contributed by atoms with van der Waals surface area (Å²) in [4.78, 5) is 1.30. The number of fused-ring (bicyclic) bond motifs is 1. The number of phenolic OH excluding ortho intramolecular Hbond substituents is 1. The van der Waals surface area contributed by atoms with Crippen LogP contribution in [0.4, 0.5) is 0 Å². The molecule has 13 heavy (non-hydrogen) atoms. The largest absolute Gasteiger partial charge is 0.506 e. The molecule has 1 heterocycles. The lowest BCUT2D eigenvalue weighted by Crippen LogP contribution is -1.67. The summed E-state index contributed by atoms with van der Waals surface area (Å²) in [5.41, 5.74) is 0. The van der Waals surface area contributed by atoms with Crippen LogP contribution in [0.1, 0.15) is 4.88 Å². The van der Waals surface area contributed by atoms with E-state index in [9.17, 15) is 5.11 Å². The van der Waals surface area contributed by atoms with E-state index in [4.69, 9.17) is 5.26 Å². The van der Waals surface area contributed by atoms with Gasteiger partial charge in [-0.25, -0.2) is 0 Å². The third-order valence-electron chi connectivity index (χ3n) is 1.69. The van der Waals surface area contributed by atoms with E-state index in [0.717, 1.165) is 10.1 Å². The molecular formula is C9H5NOS2. The molecule has 1 N–H and O–H groups in total. The van der Waals surface area contributed by atoms with E-state index in [0.29, 0.717) is 9.77 Å². The van der Waals surface area contributed by atoms with Crippen molar-refractivity contribution in [3.05, 3.63) is 23.1 Å². The number of nitriles is 1. The van der Waals surface area contributed by atoms with Crippen molar-refractivity contribution in [3.63, 3.8) is 0 Å². The first kappa shape index (κ1) is 8.42. The Labute approximate surface area is 84.5 Å². The zero-order valence-corrected chi connectivity index (χ0v) is 8.19. The van der Waals surface area contributed by atoms with Crippen LogP contribution in [0.25, 0.3) is 10.1 Å². The maximum atomic E-state index is 9.51. The predicted molar refractivity (Wildman–Crippen MR) is 55.5 cm³/mol. The smallest absolute Gasteiger partial charge is 0.134 e. The average molecular weight is 207 g/mol. The summed E-state index contributed by atoms with van der Waals surface area (Å²) in [6.45, 7) is 0. The molecule has 0 saturated carbocycles. The number of hydrogen-bond donors (Lipinski definition) is 2. The lowest BCUT2D eigenvalue weighted by molar-refractivity contribution is 0.481. The van der Waals surface area contributed by atoms with Crippen molar-refractivity contribution in [2.45, 2.75) is 4.90 Å². The van der Waals surface area contributed by atoms with Crippen molar-refractivity contribution in [3.8, 4) is 11.8 Å². The van der Waals surface area contributed by atoms with Gasteiger partial charge in [0.15, 0.2) is 0 Å². The van der Waals surface area contributed by atoms with Gasteiger partial charge in [0.25, 0.3) is 0 Å². The van der Waals surface area contributed by atoms with Crippen LogP contribution in [0, 0.1) is 11.3 Å². The molecule has 4 heteroatoms. The van der Waals surface area contributed by atoms with E-state index in [1.54, 1.807) is 12.1 Å². The highest BCUT2D eigenvalue weighted by atomic mass is 32.1. The summed E-state index contributed by atoms with van der Waals surface area (Å²) in [7, 11) is 0. The molecule has 0 radical (unpaired) electrons. The van der Waals surface area contributed by atoms with Crippen LogP contribution in [0.5, 0.6) is 5.75 Å². The SMILES string of the molecule is N#Cc1cc2cc(S)cc(O)c2s1. The van der Waals surface area contributed by atoms with Gasteiger partial charge in [0.1, 0.15) is 16.7 Å². The van der Waals surface area contributed by atoms with Gasteiger partial charge in [0, 0.05) is 4.90 Å². The Balaban J connectivity index is 2.84. The number of thiophene rings is 1. The molecule has 2 aromatic rings. The van der Waals surface area contributed by atoms with Gasteiger partial charge >= 0.3 is 0 Å². The number of benzene rings is 1. The highest BCUT2D eigenvalue weighted by molar-refractivity contribution is 7.80. The van der Waals surface area contributed by atoms with E-state index in [1.165, 1.54) is 11.3 Å². The molecule has 0 bridgehead atoms. The standard InChI is InChI=1S/C9H5NOS2/c10-4-7-2-5-1-6(12)3-8(11)9(5)13-7/h1-3,11-12H. The Bertz CT molecular complexity index is 510. The van der Waals surface area contributed by atoms with Gasteiger partial charge in [-0.05, 0) is 23.6 Å². The van der Waals surface area contributed by atoms with Crippen molar-refractivity contribution in [1.82, 2.24) is 0 Å². The number of phenols is 1. The molecule has 0 fully saturated rings. The highest BCUT2D eigenvalue weighted by Crippen LogP contribution is 2.34. The topological polar surface area (TPSA) is 44.0 Å². The molecule has 0 amide bonds. The Morgan fingerprint density at radius 1 is 1.38 bits per heavy atom. The van der Waals surface area contributed by atoms with Crippen molar-refractivity contribution in [1.29, 1.82) is 5.26 Å². The molecule has 0 spiro atoms. The van der Waals surface area contributed by atoms with Crippen LogP contribution in [0.3, 0.4) is 0 Å². The van der Waals surface area contributed by atoms with Crippen LogP contribution in [0.2, 0.25) is 0 Å². The second kappa shape index (κ2) is 2.95. The molecule has 0 aliphatic rings. The van der Waals surface area contributed by atoms with Gasteiger partial charge in [0.05, 0.1) is 4.70 Å². The number of nitrogens with zero attached hydrogens (tertiary/aromatic N) is 1. The van der Waals surface area contributed by atoms with Crippen molar-refractivity contribution in [2.24, 2.45) is 0 Å². The summed E-state index contributed by atoms with van der Waals surface area (Å²) < 4.78 is 0.745. The van der Waals surface area contributed by atoms with E-state index in [-0.39, 0.29) is 5.75 Å². The first-order valence-corrected chi connectivity index (χ1v) is 4.82. The number of thiol groups is 1. The predicted octanol–water partition coefficient (Wildman–Crippen LogP) is 2.77. The lowest BCUT2D eigenvalue weighted by atomic mass is 10.2. The molecular weight excluding hydrogens is 202 g/mol.